The molecule has 0 unspecified atom stereocenters. The van der Waals surface area contributed by atoms with E-state index in [1.165, 1.54) is 0 Å². The zero-order valence-electron chi connectivity index (χ0n) is 8.99. The summed E-state index contributed by atoms with van der Waals surface area (Å²) in [7, 11) is 1.86. The quantitative estimate of drug-likeness (QED) is 0.272. The molecule has 0 aromatic heterocycles. The first-order valence-electron chi connectivity index (χ1n) is 4.72. The van der Waals surface area contributed by atoms with E-state index < -0.39 is 5.97 Å². The monoisotopic (exact) mass is 199 g/mol. The van der Waals surface area contributed by atoms with E-state index >= 15 is 0 Å². The van der Waals surface area contributed by atoms with Crippen molar-refractivity contribution >= 4 is 11.7 Å². The fourth-order valence-corrected chi connectivity index (χ4v) is 1.07. The van der Waals surface area contributed by atoms with E-state index in [9.17, 15) is 4.79 Å². The maximum Gasteiger partial charge on any atom is 0.418 e. The molecule has 0 fully saturated rings. The van der Waals surface area contributed by atoms with Crippen molar-refractivity contribution in [1.29, 1.82) is 0 Å². The molecule has 0 heterocycles. The van der Waals surface area contributed by atoms with Gasteiger partial charge in [0.05, 0.1) is 6.61 Å². The van der Waals surface area contributed by atoms with Crippen LogP contribution >= 0.6 is 0 Å². The lowest BCUT2D eigenvalue weighted by Gasteiger charge is -2.11. The summed E-state index contributed by atoms with van der Waals surface area (Å²) >= 11 is 0. The van der Waals surface area contributed by atoms with Gasteiger partial charge >= 0.3 is 11.7 Å². The van der Waals surface area contributed by atoms with Crippen LogP contribution in [0.3, 0.4) is 0 Å². The second kappa shape index (κ2) is 7.24. The Kier molecular flexibility index (Phi) is 6.62. The number of hydrogen-bond donors (Lipinski definition) is 0. The first kappa shape index (κ1) is 12.8. The van der Waals surface area contributed by atoms with Crippen LogP contribution in [0.2, 0.25) is 0 Å². The van der Waals surface area contributed by atoms with Crippen LogP contribution in [-0.2, 0) is 9.53 Å². The lowest BCUT2D eigenvalue weighted by atomic mass is 10.3. The van der Waals surface area contributed by atoms with E-state index in [-0.39, 0.29) is 12.3 Å². The fraction of sp³-hybridized carbons (Fsp3) is 0.778. The highest BCUT2D eigenvalue weighted by Crippen LogP contribution is 1.89. The Morgan fingerprint density at radius 1 is 1.50 bits per heavy atom. The Morgan fingerprint density at radius 3 is 2.57 bits per heavy atom. The van der Waals surface area contributed by atoms with Gasteiger partial charge < -0.3 is 10.3 Å². The van der Waals surface area contributed by atoms with Crippen LogP contribution in [0.25, 0.3) is 5.53 Å². The summed E-state index contributed by atoms with van der Waals surface area (Å²) in [6, 6.07) is 0. The molecule has 0 aliphatic rings. The molecule has 0 aromatic carbocycles. The zero-order chi connectivity index (χ0) is 11.0. The predicted molar refractivity (Wildman–Crippen MR) is 53.0 cm³/mol. The normalized spacial score (nSPS) is 9.71. The molecule has 0 rings (SSSR count). The summed E-state index contributed by atoms with van der Waals surface area (Å²) < 4.78 is 4.72. The highest BCUT2D eigenvalue weighted by atomic mass is 16.5. The first-order valence-corrected chi connectivity index (χ1v) is 4.72. The maximum atomic E-state index is 11.2. The van der Waals surface area contributed by atoms with Crippen molar-refractivity contribution in [2.24, 2.45) is 0 Å². The largest absolute Gasteiger partial charge is 0.457 e. The zero-order valence-corrected chi connectivity index (χ0v) is 8.99. The molecule has 0 saturated carbocycles. The van der Waals surface area contributed by atoms with Gasteiger partial charge in [-0.25, -0.2) is 4.79 Å². The van der Waals surface area contributed by atoms with Crippen LogP contribution in [0.5, 0.6) is 0 Å². The smallest absolute Gasteiger partial charge is 0.418 e. The summed E-state index contributed by atoms with van der Waals surface area (Å²) in [6.45, 7) is 5.19. The lowest BCUT2D eigenvalue weighted by molar-refractivity contribution is -0.140. The summed E-state index contributed by atoms with van der Waals surface area (Å²) in [5, 5.41) is 0. The van der Waals surface area contributed by atoms with Gasteiger partial charge in [-0.05, 0) is 26.9 Å². The van der Waals surface area contributed by atoms with E-state index in [1.54, 1.807) is 6.92 Å². The predicted octanol–water partition coefficient (Wildman–Crippen LogP) is 0.562. The summed E-state index contributed by atoms with van der Waals surface area (Å²) in [6.07, 6.45) is 0.984. The third-order valence-electron chi connectivity index (χ3n) is 1.66. The number of esters is 1. The van der Waals surface area contributed by atoms with Crippen LogP contribution in [0.15, 0.2) is 0 Å². The SMILES string of the molecule is CCCN(C)CC(=[N+]=[N-])C(=O)OCC. The van der Waals surface area contributed by atoms with Gasteiger partial charge in [-0.1, -0.05) is 6.92 Å². The third-order valence-corrected chi connectivity index (χ3v) is 1.66. The molecule has 5 nitrogen and oxygen atoms in total. The summed E-state index contributed by atoms with van der Waals surface area (Å²) in [5.74, 6) is -0.557. The molecule has 0 saturated heterocycles. The van der Waals surface area contributed by atoms with Gasteiger partial charge in [0.1, 0.15) is 6.54 Å². The van der Waals surface area contributed by atoms with Gasteiger partial charge in [0, 0.05) is 0 Å². The molecular formula is C9H17N3O2. The number of hydrogen-bond acceptors (Lipinski definition) is 3. The van der Waals surface area contributed by atoms with Gasteiger partial charge in [-0.2, -0.15) is 4.79 Å². The molecule has 0 bridgehead atoms. The number of ether oxygens (including phenoxy) is 1. The van der Waals surface area contributed by atoms with E-state index in [0.29, 0.717) is 6.54 Å². The van der Waals surface area contributed by atoms with Crippen molar-refractivity contribution in [3.8, 4) is 0 Å². The summed E-state index contributed by atoms with van der Waals surface area (Å²) in [5.41, 5.74) is 8.64. The molecular weight excluding hydrogens is 182 g/mol. The highest BCUT2D eigenvalue weighted by molar-refractivity contribution is 6.34. The molecule has 0 spiro atoms. The van der Waals surface area contributed by atoms with Crippen molar-refractivity contribution in [3.63, 3.8) is 0 Å². The molecule has 80 valence electrons. The minimum Gasteiger partial charge on any atom is -0.457 e. The van der Waals surface area contributed by atoms with E-state index in [4.69, 9.17) is 10.3 Å². The van der Waals surface area contributed by atoms with Gasteiger partial charge in [0.25, 0.3) is 0 Å². The Labute approximate surface area is 84.3 Å². The molecule has 0 aromatic rings. The molecule has 0 N–H and O–H groups in total. The standard InChI is InChI=1S/C9H17N3O2/c1-4-6-12(3)7-8(11-10)9(13)14-5-2/h4-7H2,1-3H3. The van der Waals surface area contributed by atoms with Crippen molar-refractivity contribution in [1.82, 2.24) is 4.90 Å². The Hall–Kier alpha value is -1.19. The molecule has 0 radical (unpaired) electrons. The van der Waals surface area contributed by atoms with E-state index in [1.807, 2.05) is 18.9 Å². The van der Waals surface area contributed by atoms with Crippen LogP contribution in [0.1, 0.15) is 20.3 Å². The van der Waals surface area contributed by atoms with Gasteiger partial charge in [0.2, 0.25) is 0 Å². The third kappa shape index (κ3) is 4.74. The number of rotatable bonds is 6. The topological polar surface area (TPSA) is 65.9 Å². The van der Waals surface area contributed by atoms with Crippen molar-refractivity contribution in [2.75, 3.05) is 26.7 Å². The van der Waals surface area contributed by atoms with Gasteiger partial charge in [0.15, 0.2) is 0 Å². The second-order valence-electron chi connectivity index (χ2n) is 3.00. The van der Waals surface area contributed by atoms with E-state index in [2.05, 4.69) is 4.79 Å². The molecule has 14 heavy (non-hydrogen) atoms. The lowest BCUT2D eigenvalue weighted by Crippen LogP contribution is -2.33. The number of carbonyl (C=O) groups excluding carboxylic acids is 1. The summed E-state index contributed by atoms with van der Waals surface area (Å²) in [4.78, 5) is 16.0. The number of nitrogens with zero attached hydrogens (tertiary/aromatic N) is 3. The average Bonchev–Trinajstić information content (AvgIpc) is 2.15. The maximum absolute atomic E-state index is 11.2. The molecule has 0 amide bonds. The van der Waals surface area contributed by atoms with Crippen molar-refractivity contribution < 1.29 is 14.3 Å². The minimum absolute atomic E-state index is 0.0443. The Morgan fingerprint density at radius 2 is 2.14 bits per heavy atom. The minimum atomic E-state index is -0.557. The first-order chi connectivity index (χ1) is 6.65. The molecule has 5 heteroatoms. The highest BCUT2D eigenvalue weighted by Gasteiger charge is 2.22. The van der Waals surface area contributed by atoms with Crippen LogP contribution in [-0.4, -0.2) is 48.1 Å². The Bertz CT molecular complexity index is 234. The van der Waals surface area contributed by atoms with Crippen molar-refractivity contribution in [3.05, 3.63) is 5.53 Å². The molecule has 0 aliphatic carbocycles. The van der Waals surface area contributed by atoms with Crippen LogP contribution < -0.4 is 0 Å². The van der Waals surface area contributed by atoms with E-state index in [0.717, 1.165) is 13.0 Å². The van der Waals surface area contributed by atoms with Gasteiger partial charge in [-0.15, -0.1) is 0 Å². The average molecular weight is 199 g/mol. The van der Waals surface area contributed by atoms with Gasteiger partial charge in [-0.3, -0.25) is 4.90 Å². The van der Waals surface area contributed by atoms with Crippen LogP contribution in [0, 0.1) is 0 Å². The van der Waals surface area contributed by atoms with Crippen molar-refractivity contribution in [2.45, 2.75) is 20.3 Å². The van der Waals surface area contributed by atoms with Crippen LogP contribution in [0.4, 0.5) is 0 Å². The fourth-order valence-electron chi connectivity index (χ4n) is 1.07. The molecule has 0 atom stereocenters. The Balaban J connectivity index is 4.17. The second-order valence-corrected chi connectivity index (χ2v) is 3.00. The number of carbonyl (C=O) groups is 1. The molecule has 0 aliphatic heterocycles.